The Kier molecular flexibility index (Phi) is 4.57. The lowest BCUT2D eigenvalue weighted by molar-refractivity contribution is 0.354. The fraction of sp³-hybridized carbons (Fsp3) is 0.333. The molecule has 0 unspecified atom stereocenters. The van der Waals surface area contributed by atoms with Crippen LogP contribution in [0, 0.1) is 20.8 Å². The molecule has 0 atom stereocenters. The summed E-state index contributed by atoms with van der Waals surface area (Å²) in [4.78, 5) is 9.83. The number of aromatic nitrogens is 2. The fourth-order valence-electron chi connectivity index (χ4n) is 1.85. The van der Waals surface area contributed by atoms with Gasteiger partial charge in [0.1, 0.15) is 0 Å². The van der Waals surface area contributed by atoms with E-state index in [4.69, 9.17) is 15.2 Å². The molecule has 0 bridgehead atoms. The molecule has 1 aromatic carbocycles. The van der Waals surface area contributed by atoms with Gasteiger partial charge in [-0.15, -0.1) is 0 Å². The minimum Gasteiger partial charge on any atom is -0.493 e. The van der Waals surface area contributed by atoms with Gasteiger partial charge in [0, 0.05) is 34.1 Å². The number of hydrogen-bond acceptors (Lipinski definition) is 6. The van der Waals surface area contributed by atoms with Crippen LogP contribution in [0.25, 0.3) is 0 Å². The van der Waals surface area contributed by atoms with Crippen molar-refractivity contribution in [2.75, 3.05) is 20.0 Å². The molecule has 112 valence electrons. The monoisotopic (exact) mass is 305 g/mol. The van der Waals surface area contributed by atoms with E-state index in [1.54, 1.807) is 20.3 Å². The van der Waals surface area contributed by atoms with Crippen molar-refractivity contribution in [2.45, 2.75) is 30.8 Å². The Balaban J connectivity index is 2.40. The molecule has 0 fully saturated rings. The van der Waals surface area contributed by atoms with Crippen LogP contribution >= 0.6 is 11.8 Å². The van der Waals surface area contributed by atoms with Crippen molar-refractivity contribution >= 4 is 17.4 Å². The molecule has 2 rings (SSSR count). The maximum atomic E-state index is 6.06. The molecule has 1 heterocycles. The zero-order valence-corrected chi connectivity index (χ0v) is 13.7. The number of nitrogens with two attached hydrogens (primary N) is 1. The number of ether oxygens (including phenoxy) is 2. The van der Waals surface area contributed by atoms with E-state index in [-0.39, 0.29) is 0 Å². The Morgan fingerprint density at radius 2 is 1.48 bits per heavy atom. The summed E-state index contributed by atoms with van der Waals surface area (Å²) in [6.07, 6.45) is 0. The predicted molar refractivity (Wildman–Crippen MR) is 84.3 cm³/mol. The number of nitrogen functional groups attached to an aromatic ring is 1. The van der Waals surface area contributed by atoms with Crippen LogP contribution in [-0.2, 0) is 0 Å². The number of anilines is 1. The summed E-state index contributed by atoms with van der Waals surface area (Å²) in [7, 11) is 3.18. The average Bonchev–Trinajstić information content (AvgIpc) is 2.46. The normalized spacial score (nSPS) is 10.5. The second kappa shape index (κ2) is 6.22. The topological polar surface area (TPSA) is 70.3 Å². The highest BCUT2D eigenvalue weighted by Gasteiger charge is 2.13. The molecule has 21 heavy (non-hydrogen) atoms. The van der Waals surface area contributed by atoms with Crippen LogP contribution in [-0.4, -0.2) is 24.2 Å². The van der Waals surface area contributed by atoms with Gasteiger partial charge in [0.05, 0.1) is 14.2 Å². The van der Waals surface area contributed by atoms with E-state index in [0.717, 1.165) is 21.8 Å². The largest absolute Gasteiger partial charge is 0.493 e. The summed E-state index contributed by atoms with van der Waals surface area (Å²) in [6.45, 7) is 5.97. The molecular formula is C15H19N3O2S. The van der Waals surface area contributed by atoms with Gasteiger partial charge < -0.3 is 15.2 Å². The van der Waals surface area contributed by atoms with E-state index >= 15 is 0 Å². The first-order chi connectivity index (χ1) is 9.96. The number of rotatable bonds is 4. The number of benzene rings is 1. The molecule has 0 aliphatic carbocycles. The Labute approximate surface area is 128 Å². The Bertz CT molecular complexity index is 651. The van der Waals surface area contributed by atoms with Gasteiger partial charge in [0.25, 0.3) is 0 Å². The van der Waals surface area contributed by atoms with E-state index in [0.29, 0.717) is 22.3 Å². The molecule has 0 saturated carbocycles. The lowest BCUT2D eigenvalue weighted by atomic mass is 10.2. The van der Waals surface area contributed by atoms with Gasteiger partial charge in [0.2, 0.25) is 0 Å². The average molecular weight is 305 g/mol. The van der Waals surface area contributed by atoms with Gasteiger partial charge >= 0.3 is 0 Å². The summed E-state index contributed by atoms with van der Waals surface area (Å²) in [6, 6.07) is 3.59. The molecule has 2 N–H and O–H groups in total. The van der Waals surface area contributed by atoms with E-state index in [2.05, 4.69) is 9.97 Å². The summed E-state index contributed by atoms with van der Waals surface area (Å²) < 4.78 is 10.5. The molecule has 0 saturated heterocycles. The van der Waals surface area contributed by atoms with Crippen molar-refractivity contribution in [1.82, 2.24) is 9.97 Å². The highest BCUT2D eigenvalue weighted by atomic mass is 32.2. The SMILES string of the molecule is COc1cc(N)c(Sc2nc(C)c(C)c(C)n2)cc1OC. The molecule has 5 nitrogen and oxygen atoms in total. The van der Waals surface area contributed by atoms with Crippen LogP contribution in [0.5, 0.6) is 11.5 Å². The molecule has 0 radical (unpaired) electrons. The molecule has 0 spiro atoms. The first kappa shape index (κ1) is 15.4. The van der Waals surface area contributed by atoms with Crippen LogP contribution in [0.3, 0.4) is 0 Å². The van der Waals surface area contributed by atoms with Crippen molar-refractivity contribution in [3.8, 4) is 11.5 Å². The standard InChI is InChI=1S/C15H19N3O2S/c1-8-9(2)17-15(18-10(8)3)21-14-7-13(20-5)12(19-4)6-11(14)16/h6-7H,16H2,1-5H3. The van der Waals surface area contributed by atoms with E-state index in [1.807, 2.05) is 26.8 Å². The Morgan fingerprint density at radius 3 is 2.00 bits per heavy atom. The van der Waals surface area contributed by atoms with Crippen molar-refractivity contribution in [1.29, 1.82) is 0 Å². The predicted octanol–water partition coefficient (Wildman–Crippen LogP) is 3.15. The quantitative estimate of drug-likeness (QED) is 0.691. The molecule has 0 aliphatic rings. The van der Waals surface area contributed by atoms with Crippen molar-refractivity contribution in [2.24, 2.45) is 0 Å². The Morgan fingerprint density at radius 1 is 0.952 bits per heavy atom. The van der Waals surface area contributed by atoms with Gasteiger partial charge in [-0.2, -0.15) is 0 Å². The summed E-state index contributed by atoms with van der Waals surface area (Å²) >= 11 is 1.42. The Hall–Kier alpha value is -1.95. The van der Waals surface area contributed by atoms with Gasteiger partial charge in [0.15, 0.2) is 16.7 Å². The summed E-state index contributed by atoms with van der Waals surface area (Å²) in [5.74, 6) is 1.24. The third-order valence-corrected chi connectivity index (χ3v) is 4.27. The first-order valence-corrected chi connectivity index (χ1v) is 7.29. The minimum absolute atomic E-state index is 0.608. The maximum Gasteiger partial charge on any atom is 0.192 e. The summed E-state index contributed by atoms with van der Waals surface area (Å²) in [5, 5.41) is 0.675. The number of nitrogens with zero attached hydrogens (tertiary/aromatic N) is 2. The molecule has 6 heteroatoms. The lowest BCUT2D eigenvalue weighted by Crippen LogP contribution is -1.99. The van der Waals surface area contributed by atoms with Gasteiger partial charge in [-0.05, 0) is 38.1 Å². The van der Waals surface area contributed by atoms with E-state index in [1.165, 1.54) is 11.8 Å². The van der Waals surface area contributed by atoms with E-state index < -0.39 is 0 Å². The van der Waals surface area contributed by atoms with Gasteiger partial charge in [-0.25, -0.2) is 9.97 Å². The second-order valence-corrected chi connectivity index (χ2v) is 5.66. The molecule has 1 aromatic heterocycles. The number of methoxy groups -OCH3 is 2. The summed E-state index contributed by atoms with van der Waals surface area (Å²) in [5.41, 5.74) is 9.73. The maximum absolute atomic E-state index is 6.06. The number of aryl methyl sites for hydroxylation is 2. The van der Waals surface area contributed by atoms with Crippen molar-refractivity contribution in [3.05, 3.63) is 29.1 Å². The van der Waals surface area contributed by atoms with Gasteiger partial charge in [-0.1, -0.05) is 0 Å². The van der Waals surface area contributed by atoms with Crippen LogP contribution in [0.1, 0.15) is 17.0 Å². The third-order valence-electron chi connectivity index (χ3n) is 3.33. The highest BCUT2D eigenvalue weighted by molar-refractivity contribution is 7.99. The molecular weight excluding hydrogens is 286 g/mol. The fourth-order valence-corrected chi connectivity index (χ4v) is 2.75. The second-order valence-electron chi connectivity index (χ2n) is 4.65. The number of hydrogen-bond donors (Lipinski definition) is 1. The van der Waals surface area contributed by atoms with Crippen LogP contribution in [0.15, 0.2) is 22.2 Å². The smallest absolute Gasteiger partial charge is 0.192 e. The first-order valence-electron chi connectivity index (χ1n) is 6.47. The van der Waals surface area contributed by atoms with Crippen LogP contribution in [0.2, 0.25) is 0 Å². The van der Waals surface area contributed by atoms with Gasteiger partial charge in [-0.3, -0.25) is 0 Å². The van der Waals surface area contributed by atoms with Crippen molar-refractivity contribution < 1.29 is 9.47 Å². The zero-order chi connectivity index (χ0) is 15.6. The molecule has 0 aliphatic heterocycles. The molecule has 2 aromatic rings. The minimum atomic E-state index is 0.608. The third kappa shape index (κ3) is 3.21. The van der Waals surface area contributed by atoms with Crippen LogP contribution in [0.4, 0.5) is 5.69 Å². The van der Waals surface area contributed by atoms with Crippen molar-refractivity contribution in [3.63, 3.8) is 0 Å². The molecule has 0 amide bonds. The highest BCUT2D eigenvalue weighted by Crippen LogP contribution is 2.38. The zero-order valence-electron chi connectivity index (χ0n) is 12.9. The van der Waals surface area contributed by atoms with E-state index in [9.17, 15) is 0 Å². The van der Waals surface area contributed by atoms with Crippen LogP contribution < -0.4 is 15.2 Å². The lowest BCUT2D eigenvalue weighted by Gasteiger charge is -2.12.